The van der Waals surface area contributed by atoms with Crippen LogP contribution in [0.5, 0.6) is 5.75 Å². The van der Waals surface area contributed by atoms with Gasteiger partial charge in [-0.25, -0.2) is 13.6 Å². The summed E-state index contributed by atoms with van der Waals surface area (Å²) in [5, 5.41) is 5.19. The fraction of sp³-hybridized carbons (Fsp3) is 0.250. The van der Waals surface area contributed by atoms with Crippen LogP contribution < -0.4 is 9.88 Å². The van der Waals surface area contributed by atoms with Gasteiger partial charge < -0.3 is 4.74 Å². The standard InChI is InChI=1S/C16H19NO3S/c1-11-6-4-5-7-14(11)10-20-15-8-9-16(21(17,18)19)13(3)12(15)2/h4-9H,10H2,1-3H3,(H2,17,18,19). The van der Waals surface area contributed by atoms with Crippen molar-refractivity contribution in [2.75, 3.05) is 0 Å². The highest BCUT2D eigenvalue weighted by Crippen LogP contribution is 2.27. The third-order valence-corrected chi connectivity index (χ3v) is 4.69. The summed E-state index contributed by atoms with van der Waals surface area (Å²) in [6, 6.07) is 11.1. The van der Waals surface area contributed by atoms with Gasteiger partial charge in [0.2, 0.25) is 10.0 Å². The van der Waals surface area contributed by atoms with Crippen LogP contribution in [0.2, 0.25) is 0 Å². The Labute approximate surface area is 125 Å². The van der Waals surface area contributed by atoms with Crippen LogP contribution in [0.3, 0.4) is 0 Å². The molecule has 2 rings (SSSR count). The van der Waals surface area contributed by atoms with E-state index in [0.717, 1.165) is 16.7 Å². The van der Waals surface area contributed by atoms with Crippen LogP contribution in [-0.4, -0.2) is 8.42 Å². The molecule has 0 amide bonds. The van der Waals surface area contributed by atoms with Crippen molar-refractivity contribution >= 4 is 10.0 Å². The molecule has 0 radical (unpaired) electrons. The van der Waals surface area contributed by atoms with Gasteiger partial charge in [0.25, 0.3) is 0 Å². The van der Waals surface area contributed by atoms with Gasteiger partial charge in [0, 0.05) is 0 Å². The molecule has 0 saturated heterocycles. The van der Waals surface area contributed by atoms with Crippen molar-refractivity contribution in [1.29, 1.82) is 0 Å². The fourth-order valence-electron chi connectivity index (χ4n) is 2.16. The first-order valence-electron chi connectivity index (χ1n) is 6.61. The minimum Gasteiger partial charge on any atom is -0.489 e. The van der Waals surface area contributed by atoms with E-state index in [1.165, 1.54) is 6.07 Å². The van der Waals surface area contributed by atoms with Crippen LogP contribution in [0, 0.1) is 20.8 Å². The Morgan fingerprint density at radius 2 is 1.67 bits per heavy atom. The molecule has 0 spiro atoms. The molecule has 0 fully saturated rings. The highest BCUT2D eigenvalue weighted by molar-refractivity contribution is 7.89. The lowest BCUT2D eigenvalue weighted by molar-refractivity contribution is 0.303. The van der Waals surface area contributed by atoms with Crippen molar-refractivity contribution in [3.63, 3.8) is 0 Å². The maximum Gasteiger partial charge on any atom is 0.238 e. The molecule has 2 aromatic rings. The Balaban J connectivity index is 2.27. The molecule has 0 aromatic heterocycles. The Morgan fingerprint density at radius 1 is 1.00 bits per heavy atom. The van der Waals surface area contributed by atoms with E-state index in [1.54, 1.807) is 13.0 Å². The van der Waals surface area contributed by atoms with Crippen molar-refractivity contribution in [3.05, 3.63) is 58.7 Å². The predicted octanol–water partition coefficient (Wildman–Crippen LogP) is 2.84. The average molecular weight is 305 g/mol. The molecule has 112 valence electrons. The van der Waals surface area contributed by atoms with Crippen LogP contribution >= 0.6 is 0 Å². The van der Waals surface area contributed by atoms with Crippen LogP contribution in [0.15, 0.2) is 41.3 Å². The Kier molecular flexibility index (Phi) is 4.34. The van der Waals surface area contributed by atoms with E-state index >= 15 is 0 Å². The van der Waals surface area contributed by atoms with Gasteiger partial charge in [-0.2, -0.15) is 0 Å². The summed E-state index contributed by atoms with van der Waals surface area (Å²) in [7, 11) is -3.70. The summed E-state index contributed by atoms with van der Waals surface area (Å²) in [5.41, 5.74) is 3.67. The molecule has 0 unspecified atom stereocenters. The van der Waals surface area contributed by atoms with Gasteiger partial charge in [-0.15, -0.1) is 0 Å². The lowest BCUT2D eigenvalue weighted by Crippen LogP contribution is -2.14. The zero-order valence-electron chi connectivity index (χ0n) is 12.4. The predicted molar refractivity (Wildman–Crippen MR) is 82.8 cm³/mol. The Hall–Kier alpha value is -1.85. The van der Waals surface area contributed by atoms with E-state index in [1.807, 2.05) is 38.1 Å². The SMILES string of the molecule is Cc1ccccc1COc1ccc(S(N)(=O)=O)c(C)c1C. The van der Waals surface area contributed by atoms with Crippen molar-refractivity contribution in [2.45, 2.75) is 32.3 Å². The molecule has 0 atom stereocenters. The summed E-state index contributed by atoms with van der Waals surface area (Å²) in [6.07, 6.45) is 0. The molecule has 0 bridgehead atoms. The van der Waals surface area contributed by atoms with E-state index in [-0.39, 0.29) is 4.90 Å². The van der Waals surface area contributed by atoms with E-state index in [4.69, 9.17) is 9.88 Å². The maximum absolute atomic E-state index is 11.5. The van der Waals surface area contributed by atoms with E-state index in [2.05, 4.69) is 0 Å². The molecular weight excluding hydrogens is 286 g/mol. The smallest absolute Gasteiger partial charge is 0.238 e. The molecule has 0 aliphatic carbocycles. The number of hydrogen-bond donors (Lipinski definition) is 1. The van der Waals surface area contributed by atoms with Gasteiger partial charge in [0.05, 0.1) is 4.90 Å². The zero-order valence-corrected chi connectivity index (χ0v) is 13.2. The van der Waals surface area contributed by atoms with Gasteiger partial charge in [0.15, 0.2) is 0 Å². The minimum atomic E-state index is -3.70. The van der Waals surface area contributed by atoms with Crippen molar-refractivity contribution in [1.82, 2.24) is 0 Å². The molecule has 0 aliphatic rings. The van der Waals surface area contributed by atoms with Crippen molar-refractivity contribution < 1.29 is 13.2 Å². The number of aryl methyl sites for hydroxylation is 1. The van der Waals surface area contributed by atoms with E-state index < -0.39 is 10.0 Å². The molecule has 4 nitrogen and oxygen atoms in total. The summed E-state index contributed by atoms with van der Waals surface area (Å²) in [5.74, 6) is 0.670. The molecule has 0 heterocycles. The van der Waals surface area contributed by atoms with Crippen LogP contribution in [0.1, 0.15) is 22.3 Å². The number of nitrogens with two attached hydrogens (primary N) is 1. The molecule has 0 aliphatic heterocycles. The van der Waals surface area contributed by atoms with Crippen molar-refractivity contribution in [2.24, 2.45) is 5.14 Å². The largest absolute Gasteiger partial charge is 0.489 e. The minimum absolute atomic E-state index is 0.142. The molecule has 5 heteroatoms. The van der Waals surface area contributed by atoms with Crippen LogP contribution in [0.4, 0.5) is 0 Å². The Morgan fingerprint density at radius 3 is 2.29 bits per heavy atom. The second-order valence-corrected chi connectivity index (χ2v) is 6.60. The number of ether oxygens (including phenoxy) is 1. The molecule has 21 heavy (non-hydrogen) atoms. The second-order valence-electron chi connectivity index (χ2n) is 5.07. The number of hydrogen-bond acceptors (Lipinski definition) is 3. The van der Waals surface area contributed by atoms with Gasteiger partial charge in [-0.05, 0) is 55.2 Å². The van der Waals surface area contributed by atoms with Gasteiger partial charge in [-0.3, -0.25) is 0 Å². The highest BCUT2D eigenvalue weighted by atomic mass is 32.2. The van der Waals surface area contributed by atoms with Crippen molar-refractivity contribution in [3.8, 4) is 5.75 Å². The number of sulfonamides is 1. The summed E-state index contributed by atoms with van der Waals surface area (Å²) in [6.45, 7) is 6.04. The Bertz CT molecular complexity index is 767. The number of rotatable bonds is 4. The first-order valence-corrected chi connectivity index (χ1v) is 8.15. The number of benzene rings is 2. The molecule has 2 N–H and O–H groups in total. The summed E-state index contributed by atoms with van der Waals surface area (Å²) in [4.78, 5) is 0.142. The van der Waals surface area contributed by atoms with Crippen LogP contribution in [-0.2, 0) is 16.6 Å². The molecule has 0 saturated carbocycles. The quantitative estimate of drug-likeness (QED) is 0.944. The molecule has 2 aromatic carbocycles. The highest BCUT2D eigenvalue weighted by Gasteiger charge is 2.15. The summed E-state index contributed by atoms with van der Waals surface area (Å²) < 4.78 is 28.8. The normalized spacial score (nSPS) is 11.4. The van der Waals surface area contributed by atoms with Crippen LogP contribution in [0.25, 0.3) is 0 Å². The third-order valence-electron chi connectivity index (χ3n) is 3.64. The first kappa shape index (κ1) is 15.5. The van der Waals surface area contributed by atoms with E-state index in [9.17, 15) is 8.42 Å². The lowest BCUT2D eigenvalue weighted by Gasteiger charge is -2.14. The fourth-order valence-corrected chi connectivity index (χ4v) is 3.00. The molecular formula is C16H19NO3S. The van der Waals surface area contributed by atoms with E-state index in [0.29, 0.717) is 17.9 Å². The average Bonchev–Trinajstić information content (AvgIpc) is 2.40. The zero-order chi connectivity index (χ0) is 15.6. The van der Waals surface area contributed by atoms with Gasteiger partial charge >= 0.3 is 0 Å². The summed E-state index contributed by atoms with van der Waals surface area (Å²) >= 11 is 0. The maximum atomic E-state index is 11.5. The third kappa shape index (κ3) is 3.43. The lowest BCUT2D eigenvalue weighted by atomic mass is 10.1. The van der Waals surface area contributed by atoms with Gasteiger partial charge in [-0.1, -0.05) is 24.3 Å². The number of primary sulfonamides is 1. The van der Waals surface area contributed by atoms with Gasteiger partial charge in [0.1, 0.15) is 12.4 Å². The topological polar surface area (TPSA) is 69.4 Å². The second kappa shape index (κ2) is 5.87. The first-order chi connectivity index (χ1) is 9.80. The monoisotopic (exact) mass is 305 g/mol.